The quantitative estimate of drug-likeness (QED) is 0.110. The summed E-state index contributed by atoms with van der Waals surface area (Å²) in [4.78, 5) is 0. The van der Waals surface area contributed by atoms with Crippen molar-refractivity contribution < 1.29 is 105 Å². The monoisotopic (exact) mass is 1170 g/mol. The molecule has 0 unspecified atom stereocenters. The summed E-state index contributed by atoms with van der Waals surface area (Å²) in [6, 6.07) is 11.2. The van der Waals surface area contributed by atoms with Crippen LogP contribution in [0, 0.1) is 0 Å². The zero-order valence-corrected chi connectivity index (χ0v) is 39.6. The van der Waals surface area contributed by atoms with E-state index in [0.29, 0.717) is 6.07 Å². The predicted octanol–water partition coefficient (Wildman–Crippen LogP) is 17.3. The van der Waals surface area contributed by atoms with E-state index in [2.05, 4.69) is 0 Å². The molecule has 0 saturated carbocycles. The second-order valence-corrected chi connectivity index (χ2v) is 21.4. The van der Waals surface area contributed by atoms with E-state index in [1.54, 1.807) is 0 Å². The number of hydrogen-bond donors (Lipinski definition) is 0. The zero-order valence-electron chi connectivity index (χ0n) is 37.8. The molecule has 410 valence electrons. The largest absolute Gasteiger partial charge is 0.416 e. The van der Waals surface area contributed by atoms with E-state index < -0.39 is 171 Å². The van der Waals surface area contributed by atoms with Crippen molar-refractivity contribution >= 4 is 69.2 Å². The van der Waals surface area contributed by atoms with Crippen LogP contribution in [-0.2, 0) is 49.4 Å². The Morgan fingerprint density at radius 3 is 0.833 bits per heavy atom. The van der Waals surface area contributed by atoms with Gasteiger partial charge < -0.3 is 0 Å². The van der Waals surface area contributed by atoms with Gasteiger partial charge in [0.2, 0.25) is 0 Å². The maximum atomic E-state index is 14.9. The summed E-state index contributed by atoms with van der Waals surface area (Å²) in [5.41, 5.74) is -19.2. The molecular formula is C52H24F24P2. The number of benzene rings is 8. The zero-order chi connectivity index (χ0) is 57.7. The highest BCUT2D eigenvalue weighted by Crippen LogP contribution is 2.51. The van der Waals surface area contributed by atoms with E-state index in [9.17, 15) is 105 Å². The van der Waals surface area contributed by atoms with Gasteiger partial charge in [-0.05, 0) is 154 Å². The van der Waals surface area contributed by atoms with Crippen LogP contribution in [-0.4, -0.2) is 0 Å². The lowest BCUT2D eigenvalue weighted by Gasteiger charge is -2.33. The molecule has 0 saturated heterocycles. The third kappa shape index (κ3) is 11.9. The van der Waals surface area contributed by atoms with Gasteiger partial charge in [0.05, 0.1) is 44.5 Å². The molecule has 0 atom stereocenters. The normalized spacial score (nSPS) is 13.6. The third-order valence-electron chi connectivity index (χ3n) is 11.8. The summed E-state index contributed by atoms with van der Waals surface area (Å²) in [7, 11) is -8.35. The van der Waals surface area contributed by atoms with Gasteiger partial charge in [-0.25, -0.2) is 0 Å². The van der Waals surface area contributed by atoms with Gasteiger partial charge in [0.25, 0.3) is 0 Å². The van der Waals surface area contributed by atoms with Crippen LogP contribution < -0.4 is 31.8 Å². The van der Waals surface area contributed by atoms with Gasteiger partial charge in [-0.2, -0.15) is 105 Å². The average molecular weight is 1170 g/mol. The first-order valence-electron chi connectivity index (χ1n) is 21.5. The summed E-state index contributed by atoms with van der Waals surface area (Å²) in [6.45, 7) is 0. The van der Waals surface area contributed by atoms with E-state index >= 15 is 0 Å². The van der Waals surface area contributed by atoms with Crippen LogP contribution >= 0.6 is 15.8 Å². The number of fused-ring (bicyclic) bond motifs is 2. The molecule has 0 bridgehead atoms. The van der Waals surface area contributed by atoms with Crippen LogP contribution in [0.1, 0.15) is 44.5 Å². The standard InChI is InChI=1S/C52H24F24P2/c53-45(54,55)27-13-28(46(56,57)58)18-35(17-27)77(36-19-29(47(59,60)61)14-30(20-36)48(62,63)64)42-12-26-7-2-4-10-40(26)43(41-11-5-8-25-6-1-3-9-39(25)41)44(42)78(37-21-31(49(65,66)67)15-32(22-37)50(68,69)70)38-23-33(51(71,72)73)16-34(24-38)52(74,75)76/h1-24H. The molecule has 0 aliphatic heterocycles. The number of rotatable bonds is 7. The molecule has 8 rings (SSSR count). The third-order valence-corrected chi connectivity index (χ3v) is 16.9. The van der Waals surface area contributed by atoms with Gasteiger partial charge in [0.15, 0.2) is 0 Å². The average Bonchev–Trinajstić information content (AvgIpc) is 3.49. The Morgan fingerprint density at radius 2 is 0.513 bits per heavy atom. The molecule has 8 aromatic carbocycles. The maximum absolute atomic E-state index is 14.9. The van der Waals surface area contributed by atoms with Crippen molar-refractivity contribution in [3.63, 3.8) is 0 Å². The Balaban J connectivity index is 1.76. The molecule has 0 heterocycles. The number of alkyl halides is 24. The molecule has 78 heavy (non-hydrogen) atoms. The Morgan fingerprint density at radius 1 is 0.244 bits per heavy atom. The van der Waals surface area contributed by atoms with E-state index in [4.69, 9.17) is 0 Å². The minimum atomic E-state index is -5.88. The lowest BCUT2D eigenvalue weighted by Crippen LogP contribution is -2.38. The Bertz CT molecular complexity index is 3310. The highest BCUT2D eigenvalue weighted by Gasteiger charge is 2.45. The van der Waals surface area contributed by atoms with E-state index in [0.717, 1.165) is 18.2 Å². The highest BCUT2D eigenvalue weighted by molar-refractivity contribution is 7.85. The summed E-state index contributed by atoms with van der Waals surface area (Å²) >= 11 is 0. The molecule has 0 amide bonds. The second-order valence-electron chi connectivity index (χ2n) is 17.1. The van der Waals surface area contributed by atoms with Crippen LogP contribution in [0.5, 0.6) is 0 Å². The van der Waals surface area contributed by atoms with Crippen LogP contribution in [0.25, 0.3) is 32.7 Å². The molecule has 0 radical (unpaired) electrons. The first-order valence-corrected chi connectivity index (χ1v) is 24.2. The van der Waals surface area contributed by atoms with E-state index in [1.807, 2.05) is 0 Å². The Hall–Kier alpha value is -6.54. The van der Waals surface area contributed by atoms with Crippen molar-refractivity contribution in [2.45, 2.75) is 49.4 Å². The number of halogens is 24. The van der Waals surface area contributed by atoms with Crippen LogP contribution in [0.15, 0.2) is 146 Å². The molecular weight excluding hydrogens is 1140 g/mol. The van der Waals surface area contributed by atoms with Crippen molar-refractivity contribution in [2.24, 2.45) is 0 Å². The molecule has 26 heteroatoms. The smallest absolute Gasteiger partial charge is 0.166 e. The molecule has 0 aliphatic carbocycles. The lowest BCUT2D eigenvalue weighted by molar-refractivity contribution is -0.144. The molecule has 0 fully saturated rings. The minimum Gasteiger partial charge on any atom is -0.166 e. The molecule has 8 aromatic rings. The van der Waals surface area contributed by atoms with Crippen LogP contribution in [0.4, 0.5) is 105 Å². The summed E-state index contributed by atoms with van der Waals surface area (Å²) in [6.07, 6.45) is -47.0. The van der Waals surface area contributed by atoms with Gasteiger partial charge in [0, 0.05) is 5.30 Å². The number of hydrogen-bond acceptors (Lipinski definition) is 0. The fraction of sp³-hybridized carbons (Fsp3) is 0.154. The predicted molar refractivity (Wildman–Crippen MR) is 244 cm³/mol. The fourth-order valence-electron chi connectivity index (χ4n) is 8.54. The van der Waals surface area contributed by atoms with Crippen molar-refractivity contribution in [3.05, 3.63) is 190 Å². The van der Waals surface area contributed by atoms with Gasteiger partial charge in [0.1, 0.15) is 0 Å². The first-order chi connectivity index (χ1) is 35.7. The van der Waals surface area contributed by atoms with Crippen molar-refractivity contribution in [1.82, 2.24) is 0 Å². The molecule has 0 aromatic heterocycles. The highest BCUT2D eigenvalue weighted by atomic mass is 31.1. The van der Waals surface area contributed by atoms with Crippen LogP contribution in [0.3, 0.4) is 0 Å². The van der Waals surface area contributed by atoms with Gasteiger partial charge in [-0.3, -0.25) is 0 Å². The van der Waals surface area contributed by atoms with Crippen molar-refractivity contribution in [2.75, 3.05) is 0 Å². The van der Waals surface area contributed by atoms with Gasteiger partial charge >= 0.3 is 49.4 Å². The molecule has 0 aliphatic rings. The van der Waals surface area contributed by atoms with Gasteiger partial charge in [-0.1, -0.05) is 66.7 Å². The summed E-state index contributed by atoms with van der Waals surface area (Å²) < 4.78 is 357. The lowest BCUT2D eigenvalue weighted by atomic mass is 9.94. The maximum Gasteiger partial charge on any atom is 0.416 e. The Kier molecular flexibility index (Phi) is 14.5. The fourth-order valence-corrected chi connectivity index (χ4v) is 14.3. The first kappa shape index (κ1) is 57.6. The molecule has 0 N–H and O–H groups in total. The van der Waals surface area contributed by atoms with E-state index in [-0.39, 0.29) is 75.6 Å². The summed E-state index contributed by atoms with van der Waals surface area (Å²) in [5, 5.41) is -8.67. The molecule has 0 spiro atoms. The van der Waals surface area contributed by atoms with Crippen molar-refractivity contribution in [3.8, 4) is 11.1 Å². The minimum absolute atomic E-state index is 0.0280. The topological polar surface area (TPSA) is 0 Å². The van der Waals surface area contributed by atoms with Crippen LogP contribution in [0.2, 0.25) is 0 Å². The summed E-state index contributed by atoms with van der Waals surface area (Å²) in [5.74, 6) is 0. The SMILES string of the molecule is FC(F)(F)c1cc(P(c2cc(C(F)(F)F)cc(C(F)(F)F)c2)c2cc3ccccc3c(-c3cccc4ccccc34)c2P(c2cc(C(F)(F)F)cc(C(F)(F)F)c2)c2cc(C(F)(F)F)cc(C(F)(F)F)c2)cc(C(F)(F)F)c1. The van der Waals surface area contributed by atoms with Gasteiger partial charge in [-0.15, -0.1) is 0 Å². The Labute approximate surface area is 424 Å². The molecule has 0 nitrogen and oxygen atoms in total. The van der Waals surface area contributed by atoms with E-state index in [1.165, 1.54) is 48.5 Å². The van der Waals surface area contributed by atoms with Crippen molar-refractivity contribution in [1.29, 1.82) is 0 Å². The second kappa shape index (κ2) is 19.7.